The first-order valence-corrected chi connectivity index (χ1v) is 10.1. The van der Waals surface area contributed by atoms with Gasteiger partial charge < -0.3 is 10.1 Å². The fourth-order valence-electron chi connectivity index (χ4n) is 3.32. The van der Waals surface area contributed by atoms with Gasteiger partial charge in [-0.05, 0) is 62.1 Å². The Morgan fingerprint density at radius 3 is 2.03 bits per heavy atom. The molecular weight excluding hydrogens is 364 g/mol. The van der Waals surface area contributed by atoms with Crippen molar-refractivity contribution in [3.05, 3.63) is 65.4 Å². The number of amides is 2. The van der Waals surface area contributed by atoms with Crippen LogP contribution in [0.15, 0.2) is 54.2 Å². The van der Waals surface area contributed by atoms with Crippen molar-refractivity contribution in [2.75, 3.05) is 11.9 Å². The first-order chi connectivity index (χ1) is 13.8. The maximum atomic E-state index is 12.9. The number of hydrogen-bond acceptors (Lipinski definition) is 4. The molecule has 0 fully saturated rings. The van der Waals surface area contributed by atoms with Gasteiger partial charge in [-0.25, -0.2) is 0 Å². The van der Waals surface area contributed by atoms with E-state index in [0.717, 1.165) is 11.4 Å². The third kappa shape index (κ3) is 4.34. The Hall–Kier alpha value is -3.08. The van der Waals surface area contributed by atoms with Crippen molar-refractivity contribution in [3.8, 4) is 5.75 Å². The SMILES string of the molecule is CCN1C(=O)C(Nc2ccc(C(C)C)cc2)=C(c2ccc(OC(C)C)cc2)C1=O. The van der Waals surface area contributed by atoms with Crippen LogP contribution in [-0.2, 0) is 9.59 Å². The summed E-state index contributed by atoms with van der Waals surface area (Å²) in [5.74, 6) is 0.571. The number of nitrogens with zero attached hydrogens (tertiary/aromatic N) is 1. The van der Waals surface area contributed by atoms with Gasteiger partial charge in [0.2, 0.25) is 0 Å². The van der Waals surface area contributed by atoms with Crippen LogP contribution >= 0.6 is 0 Å². The quantitative estimate of drug-likeness (QED) is 0.687. The van der Waals surface area contributed by atoms with Crippen LogP contribution < -0.4 is 10.1 Å². The minimum absolute atomic E-state index is 0.0661. The molecule has 0 saturated heterocycles. The van der Waals surface area contributed by atoms with E-state index < -0.39 is 0 Å². The van der Waals surface area contributed by atoms with Crippen LogP contribution in [0.25, 0.3) is 5.57 Å². The van der Waals surface area contributed by atoms with E-state index in [9.17, 15) is 9.59 Å². The van der Waals surface area contributed by atoms with E-state index in [4.69, 9.17) is 4.74 Å². The van der Waals surface area contributed by atoms with Crippen LogP contribution in [0.1, 0.15) is 51.7 Å². The lowest BCUT2D eigenvalue weighted by atomic mass is 10.0. The molecular formula is C24H28N2O3. The van der Waals surface area contributed by atoms with Crippen molar-refractivity contribution < 1.29 is 14.3 Å². The topological polar surface area (TPSA) is 58.6 Å². The molecule has 0 atom stereocenters. The Morgan fingerprint density at radius 1 is 0.897 bits per heavy atom. The molecule has 1 aliphatic heterocycles. The summed E-state index contributed by atoms with van der Waals surface area (Å²) >= 11 is 0. The average molecular weight is 392 g/mol. The van der Waals surface area contributed by atoms with Gasteiger partial charge in [0.1, 0.15) is 11.4 Å². The largest absolute Gasteiger partial charge is 0.491 e. The molecule has 29 heavy (non-hydrogen) atoms. The van der Waals surface area contributed by atoms with E-state index in [0.29, 0.717) is 29.3 Å². The van der Waals surface area contributed by atoms with E-state index >= 15 is 0 Å². The summed E-state index contributed by atoms with van der Waals surface area (Å²) in [4.78, 5) is 27.1. The van der Waals surface area contributed by atoms with E-state index in [1.54, 1.807) is 6.92 Å². The summed E-state index contributed by atoms with van der Waals surface area (Å²) in [6, 6.07) is 15.2. The Bertz CT molecular complexity index is 926. The summed E-state index contributed by atoms with van der Waals surface area (Å²) in [5.41, 5.74) is 3.39. The second-order valence-electron chi connectivity index (χ2n) is 7.70. The van der Waals surface area contributed by atoms with E-state index in [1.807, 2.05) is 62.4 Å². The van der Waals surface area contributed by atoms with Crippen molar-refractivity contribution in [1.29, 1.82) is 0 Å². The Kier molecular flexibility index (Phi) is 6.06. The molecule has 0 radical (unpaired) electrons. The molecule has 0 aliphatic carbocycles. The first kappa shape index (κ1) is 20.6. The molecule has 5 heteroatoms. The van der Waals surface area contributed by atoms with Crippen LogP contribution in [0.3, 0.4) is 0 Å². The van der Waals surface area contributed by atoms with Gasteiger partial charge in [0.25, 0.3) is 11.8 Å². The van der Waals surface area contributed by atoms with Gasteiger partial charge in [-0.2, -0.15) is 0 Å². The molecule has 0 saturated carbocycles. The third-order valence-corrected chi connectivity index (χ3v) is 4.85. The van der Waals surface area contributed by atoms with E-state index in [1.165, 1.54) is 10.5 Å². The van der Waals surface area contributed by atoms with Crippen LogP contribution in [0, 0.1) is 0 Å². The number of likely N-dealkylation sites (N-methyl/N-ethyl adjacent to an activating group) is 1. The highest BCUT2D eigenvalue weighted by Gasteiger charge is 2.38. The molecule has 0 spiro atoms. The Morgan fingerprint density at radius 2 is 1.52 bits per heavy atom. The molecule has 0 aromatic heterocycles. The molecule has 0 bridgehead atoms. The highest BCUT2D eigenvalue weighted by Crippen LogP contribution is 2.31. The van der Waals surface area contributed by atoms with Crippen LogP contribution in [-0.4, -0.2) is 29.4 Å². The predicted molar refractivity (Wildman–Crippen MR) is 116 cm³/mol. The second-order valence-corrected chi connectivity index (χ2v) is 7.70. The molecule has 0 unspecified atom stereocenters. The number of ether oxygens (including phenoxy) is 1. The molecule has 152 valence electrons. The standard InChI is InChI=1S/C24H28N2O3/c1-6-26-23(27)21(18-9-13-20(14-10-18)29-16(4)5)22(24(26)28)25-19-11-7-17(8-12-19)15(2)3/h7-16,25H,6H2,1-5H3. The zero-order chi connectivity index (χ0) is 21.1. The van der Waals surface area contributed by atoms with E-state index in [-0.39, 0.29) is 17.9 Å². The van der Waals surface area contributed by atoms with Crippen molar-refractivity contribution in [1.82, 2.24) is 4.90 Å². The number of nitrogens with one attached hydrogen (secondary N) is 1. The smallest absolute Gasteiger partial charge is 0.278 e. The lowest BCUT2D eigenvalue weighted by molar-refractivity contribution is -0.136. The van der Waals surface area contributed by atoms with Gasteiger partial charge >= 0.3 is 0 Å². The maximum Gasteiger partial charge on any atom is 0.278 e. The predicted octanol–water partition coefficient (Wildman–Crippen LogP) is 4.81. The highest BCUT2D eigenvalue weighted by molar-refractivity contribution is 6.36. The molecule has 2 aromatic rings. The minimum atomic E-state index is -0.303. The number of anilines is 1. The van der Waals surface area contributed by atoms with Crippen LogP contribution in [0.5, 0.6) is 5.75 Å². The molecule has 1 N–H and O–H groups in total. The molecule has 1 aliphatic rings. The third-order valence-electron chi connectivity index (χ3n) is 4.85. The van der Waals surface area contributed by atoms with Crippen molar-refractivity contribution in [2.24, 2.45) is 0 Å². The van der Waals surface area contributed by atoms with Gasteiger partial charge in [-0.15, -0.1) is 0 Å². The summed E-state index contributed by atoms with van der Waals surface area (Å²) in [6.07, 6.45) is 0.0661. The normalized spacial score (nSPS) is 14.4. The van der Waals surface area contributed by atoms with Crippen molar-refractivity contribution in [3.63, 3.8) is 0 Å². The summed E-state index contributed by atoms with van der Waals surface area (Å²) < 4.78 is 5.68. The lowest BCUT2D eigenvalue weighted by Gasteiger charge is -2.12. The molecule has 5 nitrogen and oxygen atoms in total. The summed E-state index contributed by atoms with van der Waals surface area (Å²) in [5, 5.41) is 3.18. The maximum absolute atomic E-state index is 12.9. The van der Waals surface area contributed by atoms with Gasteiger partial charge in [-0.1, -0.05) is 38.1 Å². The monoisotopic (exact) mass is 392 g/mol. The van der Waals surface area contributed by atoms with Crippen molar-refractivity contribution in [2.45, 2.75) is 46.6 Å². The summed E-state index contributed by atoms with van der Waals surface area (Å²) in [7, 11) is 0. The molecule has 2 aromatic carbocycles. The van der Waals surface area contributed by atoms with Crippen LogP contribution in [0.4, 0.5) is 5.69 Å². The van der Waals surface area contributed by atoms with Crippen LogP contribution in [0.2, 0.25) is 0 Å². The number of hydrogen-bond donors (Lipinski definition) is 1. The summed E-state index contributed by atoms with van der Waals surface area (Å²) in [6.45, 7) is 10.3. The molecule has 1 heterocycles. The number of benzene rings is 2. The number of rotatable bonds is 7. The molecule has 2 amide bonds. The van der Waals surface area contributed by atoms with Gasteiger partial charge in [-0.3, -0.25) is 14.5 Å². The Labute approximate surface area is 172 Å². The number of carbonyl (C=O) groups excluding carboxylic acids is 2. The highest BCUT2D eigenvalue weighted by atomic mass is 16.5. The number of imide groups is 1. The number of carbonyl (C=O) groups is 2. The zero-order valence-corrected chi connectivity index (χ0v) is 17.7. The first-order valence-electron chi connectivity index (χ1n) is 10.1. The lowest BCUT2D eigenvalue weighted by Crippen LogP contribution is -2.32. The van der Waals surface area contributed by atoms with Gasteiger partial charge in [0, 0.05) is 12.2 Å². The second kappa shape index (κ2) is 8.52. The van der Waals surface area contributed by atoms with E-state index in [2.05, 4.69) is 19.2 Å². The van der Waals surface area contributed by atoms with Gasteiger partial charge in [0.05, 0.1) is 11.7 Å². The fourth-order valence-corrected chi connectivity index (χ4v) is 3.32. The fraction of sp³-hybridized carbons (Fsp3) is 0.333. The molecule has 3 rings (SSSR count). The average Bonchev–Trinajstić information content (AvgIpc) is 2.92. The minimum Gasteiger partial charge on any atom is -0.491 e. The zero-order valence-electron chi connectivity index (χ0n) is 17.7. The Balaban J connectivity index is 1.97. The van der Waals surface area contributed by atoms with Crippen molar-refractivity contribution >= 4 is 23.1 Å². The van der Waals surface area contributed by atoms with Gasteiger partial charge in [0.15, 0.2) is 0 Å².